The van der Waals surface area contributed by atoms with Gasteiger partial charge in [-0.1, -0.05) is 0 Å². The maximum atomic E-state index is 11.8. The number of ether oxygens (including phenoxy) is 1. The zero-order valence-electron chi connectivity index (χ0n) is 8.08. The predicted octanol–water partition coefficient (Wildman–Crippen LogP) is 1.99. The second-order valence-electron chi connectivity index (χ2n) is 4.84. The first-order chi connectivity index (χ1) is 6.29. The maximum absolute atomic E-state index is 11.8. The third-order valence-corrected chi connectivity index (χ3v) is 4.49. The minimum Gasteiger partial charge on any atom is -0.466 e. The summed E-state index contributed by atoms with van der Waals surface area (Å²) in [6.45, 7) is 2.45. The Bertz CT molecular complexity index is 261. The van der Waals surface area contributed by atoms with Crippen LogP contribution in [-0.4, -0.2) is 12.6 Å². The Labute approximate surface area is 78.6 Å². The molecule has 13 heavy (non-hydrogen) atoms. The van der Waals surface area contributed by atoms with E-state index in [-0.39, 0.29) is 11.4 Å². The standard InChI is InChI=1S/C11H16O2/c1-2-13-10(12)11-6-9(11)7-3-4-8(11)5-7/h7-9H,2-6H2,1H3/t7?,8?,9-,11+/m1/s1. The fourth-order valence-electron chi connectivity index (χ4n) is 3.88. The third kappa shape index (κ3) is 0.773. The summed E-state index contributed by atoms with van der Waals surface area (Å²) < 4.78 is 5.18. The lowest BCUT2D eigenvalue weighted by Crippen LogP contribution is -2.26. The molecule has 0 heterocycles. The van der Waals surface area contributed by atoms with E-state index in [9.17, 15) is 4.79 Å². The molecule has 0 aromatic heterocycles. The Morgan fingerprint density at radius 2 is 2.38 bits per heavy atom. The SMILES string of the molecule is CCOC(=O)[C@]12C[C@@H]1C1CCC2C1. The molecule has 3 saturated carbocycles. The molecule has 3 fully saturated rings. The lowest BCUT2D eigenvalue weighted by atomic mass is 9.87. The predicted molar refractivity (Wildman–Crippen MR) is 48.0 cm³/mol. The average molecular weight is 180 g/mol. The summed E-state index contributed by atoms with van der Waals surface area (Å²) in [5.74, 6) is 2.38. The maximum Gasteiger partial charge on any atom is 0.312 e. The summed E-state index contributed by atoms with van der Waals surface area (Å²) in [7, 11) is 0. The summed E-state index contributed by atoms with van der Waals surface area (Å²) >= 11 is 0. The molecule has 2 bridgehead atoms. The van der Waals surface area contributed by atoms with Crippen LogP contribution in [-0.2, 0) is 9.53 Å². The van der Waals surface area contributed by atoms with E-state index in [0.29, 0.717) is 18.4 Å². The summed E-state index contributed by atoms with van der Waals surface area (Å²) in [6.07, 6.45) is 5.10. The molecule has 72 valence electrons. The highest BCUT2D eigenvalue weighted by Crippen LogP contribution is 2.74. The Balaban J connectivity index is 1.82. The van der Waals surface area contributed by atoms with E-state index < -0.39 is 0 Å². The highest BCUT2D eigenvalue weighted by Gasteiger charge is 2.73. The minimum atomic E-state index is 0.0267. The van der Waals surface area contributed by atoms with E-state index in [2.05, 4.69) is 0 Å². The van der Waals surface area contributed by atoms with E-state index in [1.165, 1.54) is 19.3 Å². The fourth-order valence-corrected chi connectivity index (χ4v) is 3.88. The van der Waals surface area contributed by atoms with Crippen LogP contribution < -0.4 is 0 Å². The van der Waals surface area contributed by atoms with Gasteiger partial charge < -0.3 is 4.74 Å². The second-order valence-corrected chi connectivity index (χ2v) is 4.84. The van der Waals surface area contributed by atoms with Crippen molar-refractivity contribution in [3.8, 4) is 0 Å². The van der Waals surface area contributed by atoms with Gasteiger partial charge in [0.2, 0.25) is 0 Å². The van der Waals surface area contributed by atoms with Gasteiger partial charge in [0.15, 0.2) is 0 Å². The van der Waals surface area contributed by atoms with Crippen molar-refractivity contribution in [3.05, 3.63) is 0 Å². The van der Waals surface area contributed by atoms with Crippen molar-refractivity contribution in [3.63, 3.8) is 0 Å². The smallest absolute Gasteiger partial charge is 0.312 e. The van der Waals surface area contributed by atoms with Crippen molar-refractivity contribution < 1.29 is 9.53 Å². The first kappa shape index (κ1) is 7.84. The van der Waals surface area contributed by atoms with Crippen LogP contribution in [0.15, 0.2) is 0 Å². The first-order valence-corrected chi connectivity index (χ1v) is 5.46. The number of carbonyl (C=O) groups is 1. The molecule has 0 N–H and O–H groups in total. The van der Waals surface area contributed by atoms with Crippen molar-refractivity contribution in [1.82, 2.24) is 0 Å². The molecular weight excluding hydrogens is 164 g/mol. The molecule has 0 saturated heterocycles. The van der Waals surface area contributed by atoms with Crippen molar-refractivity contribution in [1.29, 1.82) is 0 Å². The molecular formula is C11H16O2. The van der Waals surface area contributed by atoms with Crippen LogP contribution >= 0.6 is 0 Å². The van der Waals surface area contributed by atoms with E-state index in [1.807, 2.05) is 6.92 Å². The first-order valence-electron chi connectivity index (χ1n) is 5.46. The van der Waals surface area contributed by atoms with Crippen molar-refractivity contribution in [2.75, 3.05) is 6.61 Å². The second kappa shape index (κ2) is 2.28. The van der Waals surface area contributed by atoms with Crippen LogP contribution in [0.2, 0.25) is 0 Å². The average Bonchev–Trinajstić information content (AvgIpc) is 2.64. The molecule has 0 aliphatic heterocycles. The zero-order chi connectivity index (χ0) is 9.05. The normalized spacial score (nSPS) is 50.4. The minimum absolute atomic E-state index is 0.0267. The molecule has 0 spiro atoms. The summed E-state index contributed by atoms with van der Waals surface area (Å²) in [5.41, 5.74) is 0.0267. The molecule has 0 aromatic carbocycles. The Hall–Kier alpha value is -0.530. The topological polar surface area (TPSA) is 26.3 Å². The molecule has 3 aliphatic carbocycles. The molecule has 2 heteroatoms. The molecule has 4 atom stereocenters. The van der Waals surface area contributed by atoms with Gasteiger partial charge in [0.05, 0.1) is 12.0 Å². The molecule has 3 aliphatic rings. The number of carbonyl (C=O) groups excluding carboxylic acids is 1. The van der Waals surface area contributed by atoms with Crippen LogP contribution in [0.4, 0.5) is 0 Å². The number of hydrogen-bond donors (Lipinski definition) is 0. The lowest BCUT2D eigenvalue weighted by molar-refractivity contribution is -0.152. The van der Waals surface area contributed by atoms with Gasteiger partial charge in [-0.05, 0) is 50.4 Å². The van der Waals surface area contributed by atoms with Gasteiger partial charge in [-0.25, -0.2) is 0 Å². The van der Waals surface area contributed by atoms with Gasteiger partial charge in [-0.2, -0.15) is 0 Å². The van der Waals surface area contributed by atoms with Gasteiger partial charge in [-0.3, -0.25) is 4.79 Å². The van der Waals surface area contributed by atoms with E-state index >= 15 is 0 Å². The summed E-state index contributed by atoms with van der Waals surface area (Å²) in [6, 6.07) is 0. The molecule has 0 amide bonds. The number of fused-ring (bicyclic) bond motifs is 5. The van der Waals surface area contributed by atoms with E-state index in [4.69, 9.17) is 4.74 Å². The van der Waals surface area contributed by atoms with Crippen LogP contribution in [0.5, 0.6) is 0 Å². The van der Waals surface area contributed by atoms with Crippen molar-refractivity contribution >= 4 is 5.97 Å². The zero-order valence-corrected chi connectivity index (χ0v) is 8.08. The van der Waals surface area contributed by atoms with E-state index in [1.54, 1.807) is 0 Å². The fraction of sp³-hybridized carbons (Fsp3) is 0.909. The Morgan fingerprint density at radius 1 is 1.54 bits per heavy atom. The van der Waals surface area contributed by atoms with Crippen LogP contribution in [0, 0.1) is 23.2 Å². The summed E-state index contributed by atoms with van der Waals surface area (Å²) in [4.78, 5) is 11.8. The number of rotatable bonds is 2. The molecule has 0 radical (unpaired) electrons. The van der Waals surface area contributed by atoms with Crippen LogP contribution in [0.25, 0.3) is 0 Å². The molecule has 3 rings (SSSR count). The molecule has 2 unspecified atom stereocenters. The summed E-state index contributed by atoms with van der Waals surface area (Å²) in [5, 5.41) is 0. The van der Waals surface area contributed by atoms with Gasteiger partial charge in [-0.15, -0.1) is 0 Å². The monoisotopic (exact) mass is 180 g/mol. The van der Waals surface area contributed by atoms with Crippen molar-refractivity contribution in [2.45, 2.75) is 32.6 Å². The van der Waals surface area contributed by atoms with Gasteiger partial charge >= 0.3 is 5.97 Å². The van der Waals surface area contributed by atoms with Crippen LogP contribution in [0.1, 0.15) is 32.6 Å². The highest BCUT2D eigenvalue weighted by molar-refractivity contribution is 5.82. The Morgan fingerprint density at radius 3 is 3.00 bits per heavy atom. The van der Waals surface area contributed by atoms with Gasteiger partial charge in [0, 0.05) is 0 Å². The van der Waals surface area contributed by atoms with Gasteiger partial charge in [0.25, 0.3) is 0 Å². The number of hydrogen-bond acceptors (Lipinski definition) is 2. The lowest BCUT2D eigenvalue weighted by Gasteiger charge is -2.20. The third-order valence-electron chi connectivity index (χ3n) is 4.49. The molecule has 0 aromatic rings. The van der Waals surface area contributed by atoms with Gasteiger partial charge in [0.1, 0.15) is 0 Å². The van der Waals surface area contributed by atoms with Crippen molar-refractivity contribution in [2.24, 2.45) is 23.2 Å². The number of esters is 1. The highest BCUT2D eigenvalue weighted by atomic mass is 16.5. The Kier molecular flexibility index (Phi) is 1.38. The largest absolute Gasteiger partial charge is 0.466 e. The van der Waals surface area contributed by atoms with Crippen LogP contribution in [0.3, 0.4) is 0 Å². The molecule has 2 nitrogen and oxygen atoms in total. The van der Waals surface area contributed by atoms with E-state index in [0.717, 1.165) is 12.3 Å². The quantitative estimate of drug-likeness (QED) is 0.607.